The van der Waals surface area contributed by atoms with Gasteiger partial charge in [0.2, 0.25) is 0 Å². The maximum absolute atomic E-state index is 14.0. The fourth-order valence-corrected chi connectivity index (χ4v) is 3.19. The van der Waals surface area contributed by atoms with Crippen LogP contribution in [0.4, 0.5) is 4.39 Å². The molecule has 2 aliphatic rings. The fraction of sp³-hybridized carbons (Fsp3) is 0.529. The number of halogens is 1. The minimum atomic E-state index is -1.08. The average molecular weight is 343 g/mol. The monoisotopic (exact) mass is 343 g/mol. The van der Waals surface area contributed by atoms with Crippen LogP contribution in [0, 0.1) is 11.3 Å². The largest absolute Gasteiger partial charge is 0.456 e. The molecule has 0 unspecified atom stereocenters. The van der Waals surface area contributed by atoms with Crippen LogP contribution < -0.4 is 4.74 Å². The van der Waals surface area contributed by atoms with Gasteiger partial charge in [0.1, 0.15) is 12.5 Å². The van der Waals surface area contributed by atoms with Crippen molar-refractivity contribution in [3.05, 3.63) is 17.5 Å². The van der Waals surface area contributed by atoms with Crippen molar-refractivity contribution < 1.29 is 13.9 Å². The van der Waals surface area contributed by atoms with E-state index in [9.17, 15) is 9.18 Å². The first-order valence-corrected chi connectivity index (χ1v) is 8.35. The number of Topliss-reactive ketones (excluding diaryl/α,β-unsaturated/α-hetero) is 1. The molecule has 130 valence electrons. The van der Waals surface area contributed by atoms with Crippen molar-refractivity contribution in [3.63, 3.8) is 0 Å². The molecule has 0 spiro atoms. The molecular weight excluding hydrogens is 325 g/mol. The number of likely N-dealkylation sites (N-methyl/N-ethyl adjacent to an activating group) is 1. The number of ether oxygens (including phenoxy) is 1. The van der Waals surface area contributed by atoms with E-state index in [4.69, 9.17) is 10.00 Å². The summed E-state index contributed by atoms with van der Waals surface area (Å²) in [6, 6.07) is 3.62. The molecule has 1 saturated heterocycles. The number of ketones is 1. The Morgan fingerprint density at radius 3 is 2.92 bits per heavy atom. The summed E-state index contributed by atoms with van der Waals surface area (Å²) >= 11 is 0. The summed E-state index contributed by atoms with van der Waals surface area (Å²) in [4.78, 5) is 25.7. The molecule has 2 aromatic heterocycles. The second-order valence-corrected chi connectivity index (χ2v) is 6.76. The van der Waals surface area contributed by atoms with Crippen molar-refractivity contribution in [1.82, 2.24) is 19.9 Å². The van der Waals surface area contributed by atoms with Crippen molar-refractivity contribution in [2.45, 2.75) is 37.5 Å². The van der Waals surface area contributed by atoms with Gasteiger partial charge in [0.05, 0.1) is 28.5 Å². The maximum atomic E-state index is 14.0. The summed E-state index contributed by atoms with van der Waals surface area (Å²) in [6.45, 7) is 0.819. The summed E-state index contributed by atoms with van der Waals surface area (Å²) in [7, 11) is 1.84. The Morgan fingerprint density at radius 2 is 2.28 bits per heavy atom. The number of hydrogen-bond donors (Lipinski definition) is 1. The predicted molar refractivity (Wildman–Crippen MR) is 87.2 cm³/mol. The van der Waals surface area contributed by atoms with Crippen molar-refractivity contribution in [1.29, 1.82) is 5.26 Å². The van der Waals surface area contributed by atoms with Gasteiger partial charge >= 0.3 is 6.01 Å². The van der Waals surface area contributed by atoms with Crippen LogP contribution in [-0.4, -0.2) is 58.0 Å². The quantitative estimate of drug-likeness (QED) is 0.834. The van der Waals surface area contributed by atoms with Crippen LogP contribution >= 0.6 is 0 Å². The molecule has 1 saturated carbocycles. The van der Waals surface area contributed by atoms with Crippen LogP contribution in [-0.2, 0) is 0 Å². The number of nitrogens with one attached hydrogen (secondary N) is 1. The molecule has 2 aromatic rings. The maximum Gasteiger partial charge on any atom is 0.317 e. The number of fused-ring (bicyclic) bond motifs is 1. The lowest BCUT2D eigenvalue weighted by atomic mass is 10.2. The summed E-state index contributed by atoms with van der Waals surface area (Å²) in [5.74, 6) is 0.0174. The van der Waals surface area contributed by atoms with Gasteiger partial charge in [-0.25, -0.2) is 4.39 Å². The number of nitriles is 1. The highest BCUT2D eigenvalue weighted by Gasteiger charge is 2.34. The van der Waals surface area contributed by atoms with Gasteiger partial charge < -0.3 is 9.72 Å². The van der Waals surface area contributed by atoms with Crippen molar-refractivity contribution >= 4 is 16.8 Å². The zero-order valence-corrected chi connectivity index (χ0v) is 13.8. The number of aromatic nitrogens is 3. The highest BCUT2D eigenvalue weighted by Crippen LogP contribution is 2.42. The molecule has 0 bridgehead atoms. The third kappa shape index (κ3) is 3.07. The Kier molecular flexibility index (Phi) is 3.88. The van der Waals surface area contributed by atoms with Crippen LogP contribution in [0.5, 0.6) is 6.01 Å². The van der Waals surface area contributed by atoms with E-state index in [-0.39, 0.29) is 18.2 Å². The van der Waals surface area contributed by atoms with Gasteiger partial charge in [-0.2, -0.15) is 15.2 Å². The first-order chi connectivity index (χ1) is 12.0. The molecule has 3 heterocycles. The molecular formula is C17H18FN5O2. The number of likely N-dealkylation sites (tertiary alicyclic amines) is 1. The second kappa shape index (κ2) is 6.08. The van der Waals surface area contributed by atoms with Gasteiger partial charge in [0, 0.05) is 19.0 Å². The number of carbonyl (C=O) groups excluding carboxylic acids is 1. The number of carbonyl (C=O) groups is 1. The van der Waals surface area contributed by atoms with Gasteiger partial charge in [0.15, 0.2) is 12.0 Å². The highest BCUT2D eigenvalue weighted by molar-refractivity contribution is 6.00. The molecule has 8 heteroatoms. The average Bonchev–Trinajstić information content (AvgIpc) is 3.24. The third-order valence-corrected chi connectivity index (χ3v) is 4.63. The zero-order chi connectivity index (χ0) is 17.6. The fourth-order valence-electron chi connectivity index (χ4n) is 3.19. The van der Waals surface area contributed by atoms with E-state index in [0.717, 1.165) is 18.5 Å². The zero-order valence-electron chi connectivity index (χ0n) is 13.8. The van der Waals surface area contributed by atoms with Gasteiger partial charge in [-0.3, -0.25) is 9.69 Å². The first kappa shape index (κ1) is 16.0. The lowest BCUT2D eigenvalue weighted by Gasteiger charge is -2.14. The molecule has 1 aliphatic heterocycles. The van der Waals surface area contributed by atoms with Crippen LogP contribution in [0.3, 0.4) is 0 Å². The van der Waals surface area contributed by atoms with Gasteiger partial charge in [-0.1, -0.05) is 0 Å². The third-order valence-electron chi connectivity index (χ3n) is 4.63. The van der Waals surface area contributed by atoms with Gasteiger partial charge in [0.25, 0.3) is 0 Å². The molecule has 7 nitrogen and oxygen atoms in total. The minimum absolute atomic E-state index is 0.149. The van der Waals surface area contributed by atoms with E-state index in [0.29, 0.717) is 35.7 Å². The topological polar surface area (TPSA) is 94.9 Å². The first-order valence-electron chi connectivity index (χ1n) is 8.35. The molecule has 2 fully saturated rings. The number of rotatable bonds is 5. The second-order valence-electron chi connectivity index (χ2n) is 6.76. The van der Waals surface area contributed by atoms with E-state index in [1.807, 2.05) is 18.0 Å². The number of alkyl halides is 1. The Balaban J connectivity index is 1.69. The van der Waals surface area contributed by atoms with Gasteiger partial charge in [-0.05, 0) is 26.0 Å². The van der Waals surface area contributed by atoms with E-state index in [2.05, 4.69) is 15.0 Å². The Bertz CT molecular complexity index is 870. The molecule has 0 aromatic carbocycles. The molecule has 0 radical (unpaired) electrons. The summed E-state index contributed by atoms with van der Waals surface area (Å²) < 4.78 is 19.7. The molecule has 0 amide bonds. The summed E-state index contributed by atoms with van der Waals surface area (Å²) in [5, 5.41) is 8.70. The summed E-state index contributed by atoms with van der Waals surface area (Å²) in [6.07, 6.45) is 0.176. The molecule has 1 aliphatic carbocycles. The van der Waals surface area contributed by atoms with Gasteiger partial charge in [-0.15, -0.1) is 0 Å². The number of hydrogen-bond acceptors (Lipinski definition) is 6. The van der Waals surface area contributed by atoms with Crippen LogP contribution in [0.1, 0.15) is 41.4 Å². The lowest BCUT2D eigenvalue weighted by Crippen LogP contribution is -2.28. The van der Waals surface area contributed by atoms with E-state index in [1.165, 1.54) is 0 Å². The Hall–Kier alpha value is -2.53. The Morgan fingerprint density at radius 1 is 1.48 bits per heavy atom. The van der Waals surface area contributed by atoms with Crippen LogP contribution in [0.2, 0.25) is 0 Å². The number of nitrogens with zero attached hydrogens (tertiary/aromatic N) is 4. The number of aromatic amines is 1. The van der Waals surface area contributed by atoms with Crippen molar-refractivity contribution in [3.8, 4) is 12.1 Å². The lowest BCUT2D eigenvalue weighted by molar-refractivity contribution is 0.0994. The standard InChI is InChI=1S/C17H18FN5O2/c1-23-7-10(18)14(8-23)25-17-21-12-6-11(13(24)4-5-19)20-16(12)15(22-17)9-2-3-9/h6,9-10,14,20H,2-4,7-8H2,1H3/t10-,14+/m1/s1. The SMILES string of the molecule is CN1C[C@@H](F)[C@@H](Oc2nc(C3CC3)c3[nH]c(C(=O)CC#N)cc3n2)C1. The molecule has 2 atom stereocenters. The van der Waals surface area contributed by atoms with E-state index < -0.39 is 12.3 Å². The summed E-state index contributed by atoms with van der Waals surface area (Å²) in [5.41, 5.74) is 2.41. The highest BCUT2D eigenvalue weighted by atomic mass is 19.1. The number of H-pyrrole nitrogens is 1. The molecule has 25 heavy (non-hydrogen) atoms. The molecule has 1 N–H and O–H groups in total. The predicted octanol–water partition coefficient (Wildman–Crippen LogP) is 1.96. The van der Waals surface area contributed by atoms with Crippen molar-refractivity contribution in [2.75, 3.05) is 20.1 Å². The van der Waals surface area contributed by atoms with E-state index in [1.54, 1.807) is 6.07 Å². The van der Waals surface area contributed by atoms with E-state index >= 15 is 0 Å². The Labute approximate surface area is 143 Å². The smallest absolute Gasteiger partial charge is 0.317 e. The van der Waals surface area contributed by atoms with Crippen molar-refractivity contribution in [2.24, 2.45) is 0 Å². The normalized spacial score (nSPS) is 23.7. The minimum Gasteiger partial charge on any atom is -0.456 e. The molecule has 4 rings (SSSR count). The van der Waals surface area contributed by atoms with Crippen LogP contribution in [0.15, 0.2) is 6.07 Å². The van der Waals surface area contributed by atoms with Crippen LogP contribution in [0.25, 0.3) is 11.0 Å².